The minimum Gasteiger partial charge on any atom is -0.497 e. The van der Waals surface area contributed by atoms with E-state index >= 15 is 0 Å². The fourth-order valence-corrected chi connectivity index (χ4v) is 4.50. The number of hydrogen-bond acceptors (Lipinski definition) is 3. The average molecular weight is 443 g/mol. The first-order valence-corrected chi connectivity index (χ1v) is 11.4. The van der Waals surface area contributed by atoms with Gasteiger partial charge in [0, 0.05) is 37.3 Å². The van der Waals surface area contributed by atoms with Crippen molar-refractivity contribution in [1.82, 2.24) is 9.80 Å². The van der Waals surface area contributed by atoms with E-state index in [0.717, 1.165) is 36.0 Å². The molecular weight excluding hydrogens is 412 g/mol. The lowest BCUT2D eigenvalue weighted by atomic mass is 9.99. The molecule has 0 radical (unpaired) electrons. The van der Waals surface area contributed by atoms with E-state index in [1.54, 1.807) is 13.2 Å². The highest BCUT2D eigenvalue weighted by molar-refractivity contribution is 6.01. The van der Waals surface area contributed by atoms with E-state index in [2.05, 4.69) is 0 Å². The first-order chi connectivity index (χ1) is 16.1. The van der Waals surface area contributed by atoms with Gasteiger partial charge in [0.05, 0.1) is 7.11 Å². The van der Waals surface area contributed by atoms with Gasteiger partial charge in [-0.3, -0.25) is 9.59 Å². The molecule has 3 aromatic carbocycles. The van der Waals surface area contributed by atoms with Crippen LogP contribution in [0.3, 0.4) is 0 Å². The number of rotatable bonds is 5. The third-order valence-corrected chi connectivity index (χ3v) is 6.41. The quantitative estimate of drug-likeness (QED) is 0.550. The van der Waals surface area contributed by atoms with Crippen LogP contribution < -0.4 is 4.74 Å². The number of ether oxygens (including phenoxy) is 1. The summed E-state index contributed by atoms with van der Waals surface area (Å²) in [7, 11) is 3.45. The summed E-state index contributed by atoms with van der Waals surface area (Å²) in [6.45, 7) is 1.32. The van der Waals surface area contributed by atoms with Gasteiger partial charge >= 0.3 is 0 Å². The van der Waals surface area contributed by atoms with Crippen LogP contribution in [-0.4, -0.2) is 54.9 Å². The molecule has 1 aliphatic heterocycles. The predicted molar refractivity (Wildman–Crippen MR) is 131 cm³/mol. The lowest BCUT2D eigenvalue weighted by molar-refractivity contribution is 0.0710. The molecule has 1 heterocycles. The van der Waals surface area contributed by atoms with Crippen LogP contribution in [0.4, 0.5) is 0 Å². The van der Waals surface area contributed by atoms with Crippen LogP contribution in [-0.2, 0) is 0 Å². The van der Waals surface area contributed by atoms with Gasteiger partial charge < -0.3 is 14.5 Å². The summed E-state index contributed by atoms with van der Waals surface area (Å²) < 4.78 is 5.26. The van der Waals surface area contributed by atoms with E-state index in [1.807, 2.05) is 89.6 Å². The SMILES string of the molecule is COc1cccc(C(=O)N(C)[C@@H]2CCCN(C(=O)c3ccccc3-c3ccccc3)CC2)c1. The van der Waals surface area contributed by atoms with E-state index in [0.29, 0.717) is 24.4 Å². The number of carbonyl (C=O) groups is 2. The van der Waals surface area contributed by atoms with Crippen molar-refractivity contribution < 1.29 is 14.3 Å². The smallest absolute Gasteiger partial charge is 0.254 e. The van der Waals surface area contributed by atoms with Crippen LogP contribution in [0.5, 0.6) is 5.75 Å². The molecule has 170 valence electrons. The summed E-state index contributed by atoms with van der Waals surface area (Å²) in [4.78, 5) is 30.3. The van der Waals surface area contributed by atoms with Crippen LogP contribution in [0.1, 0.15) is 40.0 Å². The fraction of sp³-hybridized carbons (Fsp3) is 0.286. The Labute approximate surface area is 195 Å². The van der Waals surface area contributed by atoms with Crippen LogP contribution in [0, 0.1) is 0 Å². The average Bonchev–Trinajstić information content (AvgIpc) is 3.14. The molecule has 0 aliphatic carbocycles. The first-order valence-electron chi connectivity index (χ1n) is 11.4. The monoisotopic (exact) mass is 442 g/mol. The number of hydrogen-bond donors (Lipinski definition) is 0. The molecule has 1 saturated heterocycles. The Morgan fingerprint density at radius 2 is 1.67 bits per heavy atom. The van der Waals surface area contributed by atoms with Crippen molar-refractivity contribution in [2.45, 2.75) is 25.3 Å². The molecule has 1 fully saturated rings. The van der Waals surface area contributed by atoms with Gasteiger partial charge in [0.25, 0.3) is 11.8 Å². The van der Waals surface area contributed by atoms with Crippen LogP contribution in [0.15, 0.2) is 78.9 Å². The Balaban J connectivity index is 1.46. The maximum Gasteiger partial charge on any atom is 0.254 e. The number of likely N-dealkylation sites (tertiary alicyclic amines) is 1. The summed E-state index contributed by atoms with van der Waals surface area (Å²) in [5.74, 6) is 0.703. The molecule has 0 spiro atoms. The van der Waals surface area contributed by atoms with Crippen molar-refractivity contribution in [2.24, 2.45) is 0 Å². The molecule has 0 aromatic heterocycles. The zero-order chi connectivity index (χ0) is 23.2. The maximum absolute atomic E-state index is 13.5. The van der Waals surface area contributed by atoms with Crippen LogP contribution >= 0.6 is 0 Å². The lowest BCUT2D eigenvalue weighted by Gasteiger charge is -2.28. The highest BCUT2D eigenvalue weighted by Crippen LogP contribution is 2.26. The lowest BCUT2D eigenvalue weighted by Crippen LogP contribution is -2.38. The number of amides is 2. The first kappa shape index (κ1) is 22.6. The van der Waals surface area contributed by atoms with Gasteiger partial charge in [-0.1, -0.05) is 54.6 Å². The van der Waals surface area contributed by atoms with Crippen molar-refractivity contribution in [2.75, 3.05) is 27.2 Å². The molecule has 1 atom stereocenters. The van der Waals surface area contributed by atoms with Crippen LogP contribution in [0.25, 0.3) is 11.1 Å². The summed E-state index contributed by atoms with van der Waals surface area (Å²) >= 11 is 0. The third kappa shape index (κ3) is 5.08. The number of benzene rings is 3. The van der Waals surface area contributed by atoms with E-state index in [9.17, 15) is 9.59 Å². The molecule has 33 heavy (non-hydrogen) atoms. The number of carbonyl (C=O) groups excluding carboxylic acids is 2. The van der Waals surface area contributed by atoms with Gasteiger partial charge in [0.2, 0.25) is 0 Å². The summed E-state index contributed by atoms with van der Waals surface area (Å²) in [6.07, 6.45) is 2.49. The topological polar surface area (TPSA) is 49.9 Å². The van der Waals surface area contributed by atoms with E-state index < -0.39 is 0 Å². The number of methoxy groups -OCH3 is 1. The van der Waals surface area contributed by atoms with Crippen molar-refractivity contribution in [1.29, 1.82) is 0 Å². The largest absolute Gasteiger partial charge is 0.497 e. The van der Waals surface area contributed by atoms with Gasteiger partial charge in [-0.25, -0.2) is 0 Å². The van der Waals surface area contributed by atoms with Crippen molar-refractivity contribution in [3.8, 4) is 16.9 Å². The van der Waals surface area contributed by atoms with Crippen molar-refractivity contribution in [3.63, 3.8) is 0 Å². The summed E-state index contributed by atoms with van der Waals surface area (Å²) in [5, 5.41) is 0. The molecule has 0 N–H and O–H groups in total. The highest BCUT2D eigenvalue weighted by atomic mass is 16.5. The Morgan fingerprint density at radius 1 is 0.909 bits per heavy atom. The molecule has 0 bridgehead atoms. The maximum atomic E-state index is 13.5. The van der Waals surface area contributed by atoms with Gasteiger partial charge in [-0.05, 0) is 54.7 Å². The van der Waals surface area contributed by atoms with Crippen molar-refractivity contribution >= 4 is 11.8 Å². The second kappa shape index (κ2) is 10.3. The summed E-state index contributed by atoms with van der Waals surface area (Å²) in [6, 6.07) is 25.2. The third-order valence-electron chi connectivity index (χ3n) is 6.41. The second-order valence-corrected chi connectivity index (χ2v) is 8.44. The second-order valence-electron chi connectivity index (χ2n) is 8.44. The molecule has 3 aromatic rings. The Morgan fingerprint density at radius 3 is 2.45 bits per heavy atom. The minimum absolute atomic E-state index is 0.0203. The standard InChI is InChI=1S/C28H30N2O3/c1-29(27(31)22-12-8-14-24(20-22)33-2)23-13-9-18-30(19-17-23)28(32)26-16-7-6-15-25(26)21-10-4-3-5-11-21/h3-8,10-12,14-16,20,23H,9,13,17-19H2,1-2H3/t23-/m1/s1. The molecular formula is C28H30N2O3. The number of nitrogens with zero attached hydrogens (tertiary/aromatic N) is 2. The molecule has 0 unspecified atom stereocenters. The molecule has 2 amide bonds. The Hall–Kier alpha value is -3.60. The molecule has 1 aliphatic rings. The van der Waals surface area contributed by atoms with E-state index in [-0.39, 0.29) is 17.9 Å². The van der Waals surface area contributed by atoms with Gasteiger partial charge in [0.1, 0.15) is 5.75 Å². The normalized spacial score (nSPS) is 16.1. The van der Waals surface area contributed by atoms with Gasteiger partial charge in [-0.15, -0.1) is 0 Å². The minimum atomic E-state index is -0.0203. The predicted octanol–water partition coefficient (Wildman–Crippen LogP) is 5.13. The molecule has 4 rings (SSSR count). The molecule has 0 saturated carbocycles. The highest BCUT2D eigenvalue weighted by Gasteiger charge is 2.27. The Kier molecular flexibility index (Phi) is 7.08. The summed E-state index contributed by atoms with van der Waals surface area (Å²) in [5.41, 5.74) is 3.33. The van der Waals surface area contributed by atoms with Gasteiger partial charge in [-0.2, -0.15) is 0 Å². The van der Waals surface area contributed by atoms with E-state index in [1.165, 1.54) is 0 Å². The Bertz CT molecular complexity index is 1110. The zero-order valence-corrected chi connectivity index (χ0v) is 19.2. The zero-order valence-electron chi connectivity index (χ0n) is 19.2. The molecule has 5 nitrogen and oxygen atoms in total. The van der Waals surface area contributed by atoms with Crippen LogP contribution in [0.2, 0.25) is 0 Å². The van der Waals surface area contributed by atoms with E-state index in [4.69, 9.17) is 4.74 Å². The van der Waals surface area contributed by atoms with Gasteiger partial charge in [0.15, 0.2) is 0 Å². The molecule has 5 heteroatoms. The van der Waals surface area contributed by atoms with Crippen molar-refractivity contribution in [3.05, 3.63) is 90.0 Å². The fourth-order valence-electron chi connectivity index (χ4n) is 4.50.